The number of carbonyl (C=O) groups is 3. The van der Waals surface area contributed by atoms with E-state index in [-0.39, 0.29) is 23.7 Å². The second kappa shape index (κ2) is 11.3. The Bertz CT molecular complexity index is 1340. The first-order valence-corrected chi connectivity index (χ1v) is 12.7. The van der Waals surface area contributed by atoms with Crippen LogP contribution in [0.5, 0.6) is 5.75 Å². The van der Waals surface area contributed by atoms with Crippen LogP contribution in [0.4, 0.5) is 17.1 Å². The van der Waals surface area contributed by atoms with Crippen LogP contribution in [0.25, 0.3) is 6.08 Å². The van der Waals surface area contributed by atoms with E-state index in [1.165, 1.54) is 16.5 Å². The van der Waals surface area contributed by atoms with Crippen molar-refractivity contribution in [2.24, 2.45) is 0 Å². The van der Waals surface area contributed by atoms with Gasteiger partial charge in [-0.15, -0.1) is 0 Å². The van der Waals surface area contributed by atoms with Crippen LogP contribution in [0.15, 0.2) is 78.9 Å². The Hall–Kier alpha value is -4.39. The van der Waals surface area contributed by atoms with Crippen molar-refractivity contribution in [2.45, 2.75) is 45.6 Å². The van der Waals surface area contributed by atoms with Crippen molar-refractivity contribution in [3.8, 4) is 5.75 Å². The molecule has 1 aliphatic rings. The smallest absolute Gasteiger partial charge is 0.251 e. The molecule has 7 heteroatoms. The molecule has 7 nitrogen and oxygen atoms in total. The summed E-state index contributed by atoms with van der Waals surface area (Å²) in [5.41, 5.74) is 3.74. The van der Waals surface area contributed by atoms with Crippen molar-refractivity contribution in [3.05, 3.63) is 90.0 Å². The Balaban J connectivity index is 1.54. The SMILES string of the molecule is CCOc1ccc(NC(=O)C[C@@H]2C(=O)Nc3ccccc3N2C(=O)/C=C/c2ccc(C(C)(C)C)cc2)cc1. The number of amides is 3. The number of nitrogens with one attached hydrogen (secondary N) is 2. The van der Waals surface area contributed by atoms with Crippen LogP contribution in [-0.4, -0.2) is 30.4 Å². The first-order valence-electron chi connectivity index (χ1n) is 12.7. The molecule has 0 saturated carbocycles. The van der Waals surface area contributed by atoms with Gasteiger partial charge < -0.3 is 15.4 Å². The molecule has 1 atom stereocenters. The summed E-state index contributed by atoms with van der Waals surface area (Å²) in [5.74, 6) is -0.480. The monoisotopic (exact) mass is 511 g/mol. The summed E-state index contributed by atoms with van der Waals surface area (Å²) < 4.78 is 5.43. The van der Waals surface area contributed by atoms with Crippen LogP contribution in [0.3, 0.4) is 0 Å². The molecule has 3 aromatic carbocycles. The second-order valence-electron chi connectivity index (χ2n) is 10.1. The minimum absolute atomic E-state index is 0.0298. The highest BCUT2D eigenvalue weighted by Gasteiger charge is 2.37. The number of hydrogen-bond acceptors (Lipinski definition) is 4. The summed E-state index contributed by atoms with van der Waals surface area (Å²) >= 11 is 0. The van der Waals surface area contributed by atoms with Gasteiger partial charge in [-0.3, -0.25) is 19.3 Å². The predicted molar refractivity (Wildman–Crippen MR) is 151 cm³/mol. The van der Waals surface area contributed by atoms with E-state index in [4.69, 9.17) is 4.74 Å². The lowest BCUT2D eigenvalue weighted by Gasteiger charge is -2.35. The predicted octanol–water partition coefficient (Wildman–Crippen LogP) is 5.78. The van der Waals surface area contributed by atoms with E-state index >= 15 is 0 Å². The first-order chi connectivity index (χ1) is 18.2. The van der Waals surface area contributed by atoms with Crippen LogP contribution in [0.1, 0.15) is 45.2 Å². The highest BCUT2D eigenvalue weighted by Crippen LogP contribution is 2.33. The lowest BCUT2D eigenvalue weighted by molar-refractivity contribution is -0.124. The lowest BCUT2D eigenvalue weighted by Crippen LogP contribution is -2.52. The van der Waals surface area contributed by atoms with Crippen molar-refractivity contribution in [3.63, 3.8) is 0 Å². The molecule has 0 unspecified atom stereocenters. The van der Waals surface area contributed by atoms with Crippen molar-refractivity contribution < 1.29 is 19.1 Å². The second-order valence-corrected chi connectivity index (χ2v) is 10.1. The van der Waals surface area contributed by atoms with Crippen molar-refractivity contribution in [1.82, 2.24) is 0 Å². The molecule has 2 N–H and O–H groups in total. The average molecular weight is 512 g/mol. The summed E-state index contributed by atoms with van der Waals surface area (Å²) in [7, 11) is 0. The highest BCUT2D eigenvalue weighted by atomic mass is 16.5. The van der Waals surface area contributed by atoms with Gasteiger partial charge in [0.2, 0.25) is 11.8 Å². The van der Waals surface area contributed by atoms with Gasteiger partial charge in [-0.05, 0) is 65.9 Å². The number of anilines is 3. The molecular formula is C31H33N3O4. The van der Waals surface area contributed by atoms with Crippen LogP contribution >= 0.6 is 0 Å². The van der Waals surface area contributed by atoms with Crippen molar-refractivity contribution in [1.29, 1.82) is 0 Å². The summed E-state index contributed by atoms with van der Waals surface area (Å²) in [6.07, 6.45) is 2.97. The molecule has 38 heavy (non-hydrogen) atoms. The van der Waals surface area contributed by atoms with Crippen LogP contribution in [0.2, 0.25) is 0 Å². The highest BCUT2D eigenvalue weighted by molar-refractivity contribution is 6.16. The number of ether oxygens (including phenoxy) is 1. The lowest BCUT2D eigenvalue weighted by atomic mass is 9.87. The van der Waals surface area contributed by atoms with Crippen molar-refractivity contribution >= 4 is 40.9 Å². The molecule has 0 fully saturated rings. The normalized spacial score (nSPS) is 15.1. The summed E-state index contributed by atoms with van der Waals surface area (Å²) in [4.78, 5) is 40.9. The fourth-order valence-corrected chi connectivity index (χ4v) is 4.28. The third-order valence-electron chi connectivity index (χ3n) is 6.30. The molecule has 4 rings (SSSR count). The quantitative estimate of drug-likeness (QED) is 0.394. The Morgan fingerprint density at radius 2 is 1.68 bits per heavy atom. The number of benzene rings is 3. The molecule has 0 aromatic heterocycles. The number of rotatable bonds is 7. The number of para-hydroxylation sites is 2. The largest absolute Gasteiger partial charge is 0.494 e. The standard InChI is InChI=1S/C31H33N3O4/c1-5-38-24-17-15-23(16-18-24)32-28(35)20-27-30(37)33-25-8-6-7-9-26(25)34(27)29(36)19-12-21-10-13-22(14-11-21)31(2,3)4/h6-19,27H,5,20H2,1-4H3,(H,32,35)(H,33,37)/b19-12+/t27-/m1/s1. The Morgan fingerprint density at radius 3 is 2.34 bits per heavy atom. The molecule has 3 amide bonds. The first kappa shape index (κ1) is 26.7. The molecule has 3 aromatic rings. The zero-order valence-corrected chi connectivity index (χ0v) is 22.2. The number of carbonyl (C=O) groups excluding carboxylic acids is 3. The van der Waals surface area contributed by atoms with E-state index in [0.717, 1.165) is 5.56 Å². The maximum atomic E-state index is 13.5. The molecular weight excluding hydrogens is 478 g/mol. The van der Waals surface area contributed by atoms with Gasteiger partial charge in [-0.1, -0.05) is 57.2 Å². The Labute approximate surface area is 223 Å². The number of nitrogens with zero attached hydrogens (tertiary/aromatic N) is 1. The topological polar surface area (TPSA) is 87.7 Å². The molecule has 0 spiro atoms. The van der Waals surface area contributed by atoms with Gasteiger partial charge in [0.05, 0.1) is 24.4 Å². The van der Waals surface area contributed by atoms with E-state index < -0.39 is 11.9 Å². The molecule has 0 saturated heterocycles. The number of hydrogen-bond donors (Lipinski definition) is 2. The molecule has 0 radical (unpaired) electrons. The maximum absolute atomic E-state index is 13.5. The van der Waals surface area contributed by atoms with Gasteiger partial charge >= 0.3 is 0 Å². The van der Waals surface area contributed by atoms with Gasteiger partial charge in [0.1, 0.15) is 11.8 Å². The van der Waals surface area contributed by atoms with Crippen molar-refractivity contribution in [2.75, 3.05) is 22.1 Å². The van der Waals surface area contributed by atoms with Crippen LogP contribution in [-0.2, 0) is 19.8 Å². The van der Waals surface area contributed by atoms with Gasteiger partial charge in [-0.25, -0.2) is 0 Å². The molecule has 196 valence electrons. The molecule has 0 aliphatic carbocycles. The van der Waals surface area contributed by atoms with E-state index in [1.807, 2.05) is 31.2 Å². The minimum atomic E-state index is -1.01. The summed E-state index contributed by atoms with van der Waals surface area (Å²) in [6.45, 7) is 8.88. The van der Waals surface area contributed by atoms with Crippen LogP contribution in [0, 0.1) is 0 Å². The molecule has 0 bridgehead atoms. The fourth-order valence-electron chi connectivity index (χ4n) is 4.28. The summed E-state index contributed by atoms with van der Waals surface area (Å²) in [6, 6.07) is 21.1. The zero-order chi connectivity index (χ0) is 27.3. The molecule has 1 aliphatic heterocycles. The molecule has 1 heterocycles. The average Bonchev–Trinajstić information content (AvgIpc) is 2.89. The van der Waals surface area contributed by atoms with E-state index in [9.17, 15) is 14.4 Å². The van der Waals surface area contributed by atoms with E-state index in [2.05, 4.69) is 31.4 Å². The van der Waals surface area contributed by atoms with Gasteiger partial charge in [0.15, 0.2) is 0 Å². The Kier molecular flexibility index (Phi) is 7.96. The number of fused-ring (bicyclic) bond motifs is 1. The van der Waals surface area contributed by atoms with Crippen LogP contribution < -0.4 is 20.3 Å². The Morgan fingerprint density at radius 1 is 1.00 bits per heavy atom. The van der Waals surface area contributed by atoms with E-state index in [0.29, 0.717) is 29.4 Å². The van der Waals surface area contributed by atoms with Gasteiger partial charge in [0, 0.05) is 11.8 Å². The van der Waals surface area contributed by atoms with E-state index in [1.54, 1.807) is 54.6 Å². The fraction of sp³-hybridized carbons (Fsp3) is 0.258. The third kappa shape index (κ3) is 6.29. The zero-order valence-electron chi connectivity index (χ0n) is 22.2. The maximum Gasteiger partial charge on any atom is 0.251 e. The minimum Gasteiger partial charge on any atom is -0.494 e. The third-order valence-corrected chi connectivity index (χ3v) is 6.30. The summed E-state index contributed by atoms with van der Waals surface area (Å²) in [5, 5.41) is 5.63. The van der Waals surface area contributed by atoms with Gasteiger partial charge in [-0.2, -0.15) is 0 Å². The van der Waals surface area contributed by atoms with Gasteiger partial charge in [0.25, 0.3) is 5.91 Å².